The van der Waals surface area contributed by atoms with Crippen molar-refractivity contribution < 1.29 is 38.4 Å². The number of methoxy groups -OCH3 is 3. The van der Waals surface area contributed by atoms with Crippen LogP contribution in [0.2, 0.25) is 0 Å². The van der Waals surface area contributed by atoms with E-state index in [2.05, 4.69) is 4.98 Å². The molecule has 1 saturated heterocycles. The van der Waals surface area contributed by atoms with Crippen molar-refractivity contribution in [2.75, 3.05) is 32.8 Å². The average Bonchev–Trinajstić information content (AvgIpc) is 3.44. The molecule has 0 saturated carbocycles. The van der Waals surface area contributed by atoms with Crippen LogP contribution in [-0.2, 0) is 14.3 Å². The lowest BCUT2D eigenvalue weighted by Crippen LogP contribution is -2.29. The number of amides is 1. The number of carbonyl (C=O) groups is 3. The minimum Gasteiger partial charge on any atom is -0.507 e. The molecule has 1 aliphatic rings. The van der Waals surface area contributed by atoms with Crippen LogP contribution >= 0.6 is 11.3 Å². The third-order valence-corrected chi connectivity index (χ3v) is 7.45. The van der Waals surface area contributed by atoms with Gasteiger partial charge >= 0.3 is 11.9 Å². The fourth-order valence-corrected chi connectivity index (χ4v) is 5.40. The topological polar surface area (TPSA) is 124 Å². The van der Waals surface area contributed by atoms with E-state index in [9.17, 15) is 19.5 Å². The molecule has 39 heavy (non-hydrogen) atoms. The fourth-order valence-electron chi connectivity index (χ4n) is 4.41. The molecule has 0 aliphatic carbocycles. The molecule has 1 fully saturated rings. The van der Waals surface area contributed by atoms with Gasteiger partial charge < -0.3 is 24.1 Å². The van der Waals surface area contributed by atoms with E-state index in [1.165, 1.54) is 26.2 Å². The van der Waals surface area contributed by atoms with Crippen molar-refractivity contribution in [1.29, 1.82) is 0 Å². The van der Waals surface area contributed by atoms with Gasteiger partial charge in [-0.1, -0.05) is 17.4 Å². The van der Waals surface area contributed by atoms with E-state index in [1.54, 1.807) is 57.2 Å². The van der Waals surface area contributed by atoms with Crippen molar-refractivity contribution in [3.05, 3.63) is 69.2 Å². The Labute approximate surface area is 229 Å². The molecule has 1 N–H and O–H groups in total. The van der Waals surface area contributed by atoms with Crippen LogP contribution in [0.1, 0.15) is 45.0 Å². The summed E-state index contributed by atoms with van der Waals surface area (Å²) in [7, 11) is 4.48. The summed E-state index contributed by atoms with van der Waals surface area (Å²) < 4.78 is 21.2. The van der Waals surface area contributed by atoms with Crippen molar-refractivity contribution in [2.24, 2.45) is 0 Å². The number of hydrogen-bond donors (Lipinski definition) is 1. The maximum Gasteiger partial charge on any atom is 0.350 e. The number of esters is 1. The van der Waals surface area contributed by atoms with Crippen LogP contribution in [0.5, 0.6) is 17.2 Å². The van der Waals surface area contributed by atoms with E-state index in [1.807, 2.05) is 0 Å². The highest BCUT2D eigenvalue weighted by Crippen LogP contribution is 2.46. The van der Waals surface area contributed by atoms with Crippen LogP contribution in [0.4, 0.5) is 5.13 Å². The molecule has 1 amide bonds. The number of aliphatic hydroxyl groups excluding tert-OH is 1. The van der Waals surface area contributed by atoms with Gasteiger partial charge in [0.25, 0.3) is 5.78 Å². The molecule has 11 heteroatoms. The molecular formula is C28H28N2O8S. The Balaban J connectivity index is 1.96. The van der Waals surface area contributed by atoms with Crippen LogP contribution in [0.25, 0.3) is 5.76 Å². The first-order valence-corrected chi connectivity index (χ1v) is 12.8. The Morgan fingerprint density at radius 1 is 1.03 bits per heavy atom. The SMILES string of the molecule is CCOC(=O)c1sc(N2C(=O)C(=O)C(=C(O)c3ccc(OC)cc3C)C2c2ccc(OC)c(OC)c2)nc1C. The molecular weight excluding hydrogens is 524 g/mol. The third-order valence-electron chi connectivity index (χ3n) is 6.31. The van der Waals surface area contributed by atoms with Crippen LogP contribution in [-0.4, -0.2) is 55.7 Å². The molecule has 0 radical (unpaired) electrons. The summed E-state index contributed by atoms with van der Waals surface area (Å²) in [4.78, 5) is 45.4. The minimum atomic E-state index is -1.08. The number of aryl methyl sites for hydroxylation is 2. The van der Waals surface area contributed by atoms with Crippen LogP contribution in [0.15, 0.2) is 42.0 Å². The Bertz CT molecular complexity index is 1490. The van der Waals surface area contributed by atoms with Crippen LogP contribution < -0.4 is 19.1 Å². The zero-order valence-corrected chi connectivity index (χ0v) is 23.2. The molecule has 1 atom stereocenters. The summed E-state index contributed by atoms with van der Waals surface area (Å²) in [5.74, 6) is -1.34. The first-order chi connectivity index (χ1) is 18.7. The standard InChI is InChI=1S/C28H28N2O8S/c1-7-38-27(34)25-15(3)29-28(39-25)30-22(16-8-11-19(36-5)20(13-16)37-6)21(24(32)26(30)33)23(31)18-10-9-17(35-4)12-14(18)2/h8-13,22,31H,7H2,1-6H3. The van der Waals surface area contributed by atoms with Crippen molar-refractivity contribution >= 4 is 39.9 Å². The Morgan fingerprint density at radius 2 is 1.74 bits per heavy atom. The van der Waals surface area contributed by atoms with E-state index in [-0.39, 0.29) is 27.9 Å². The highest BCUT2D eigenvalue weighted by Gasteiger charge is 2.48. The lowest BCUT2D eigenvalue weighted by atomic mass is 9.93. The number of aromatic nitrogens is 1. The predicted molar refractivity (Wildman–Crippen MR) is 145 cm³/mol. The quantitative estimate of drug-likeness (QED) is 0.185. The maximum atomic E-state index is 13.5. The number of ether oxygens (including phenoxy) is 4. The first-order valence-electron chi connectivity index (χ1n) is 12.0. The lowest BCUT2D eigenvalue weighted by molar-refractivity contribution is -0.132. The molecule has 1 unspecified atom stereocenters. The molecule has 4 rings (SSSR count). The molecule has 2 heterocycles. The number of benzene rings is 2. The number of hydrogen-bond acceptors (Lipinski definition) is 10. The number of thiazole rings is 1. The Morgan fingerprint density at radius 3 is 2.36 bits per heavy atom. The van der Waals surface area contributed by atoms with E-state index >= 15 is 0 Å². The number of anilines is 1. The second-order valence-corrected chi connectivity index (χ2v) is 9.57. The second kappa shape index (κ2) is 11.2. The summed E-state index contributed by atoms with van der Waals surface area (Å²) >= 11 is 0.935. The van der Waals surface area contributed by atoms with Gasteiger partial charge in [-0.2, -0.15) is 0 Å². The monoisotopic (exact) mass is 552 g/mol. The molecule has 0 spiro atoms. The van der Waals surface area contributed by atoms with Crippen LogP contribution in [0, 0.1) is 13.8 Å². The van der Waals surface area contributed by atoms with Gasteiger partial charge in [-0.25, -0.2) is 9.78 Å². The van der Waals surface area contributed by atoms with Crippen molar-refractivity contribution in [3.8, 4) is 17.2 Å². The third kappa shape index (κ3) is 4.92. The number of rotatable bonds is 8. The largest absolute Gasteiger partial charge is 0.507 e. The van der Waals surface area contributed by atoms with Gasteiger partial charge in [0.1, 0.15) is 16.4 Å². The smallest absolute Gasteiger partial charge is 0.350 e. The van der Waals surface area contributed by atoms with Gasteiger partial charge in [-0.05, 0) is 62.2 Å². The average molecular weight is 553 g/mol. The molecule has 2 aromatic carbocycles. The maximum absolute atomic E-state index is 13.5. The van der Waals surface area contributed by atoms with Gasteiger partial charge in [0, 0.05) is 5.56 Å². The van der Waals surface area contributed by atoms with E-state index in [0.29, 0.717) is 39.6 Å². The molecule has 204 valence electrons. The fraction of sp³-hybridized carbons (Fsp3) is 0.286. The number of carbonyl (C=O) groups excluding carboxylic acids is 3. The Hall–Kier alpha value is -4.38. The molecule has 1 aliphatic heterocycles. The highest BCUT2D eigenvalue weighted by atomic mass is 32.1. The summed E-state index contributed by atoms with van der Waals surface area (Å²) in [5.41, 5.74) is 1.68. The van der Waals surface area contributed by atoms with E-state index in [0.717, 1.165) is 11.3 Å². The zero-order chi connectivity index (χ0) is 28.4. The van der Waals surface area contributed by atoms with E-state index < -0.39 is 23.7 Å². The normalized spacial score (nSPS) is 16.4. The van der Waals surface area contributed by atoms with E-state index in [4.69, 9.17) is 18.9 Å². The Kier molecular flexibility index (Phi) is 7.91. The predicted octanol–water partition coefficient (Wildman–Crippen LogP) is 4.59. The van der Waals surface area contributed by atoms with Gasteiger partial charge in [0.05, 0.1) is 45.2 Å². The van der Waals surface area contributed by atoms with Gasteiger partial charge in [0.15, 0.2) is 16.6 Å². The lowest BCUT2D eigenvalue weighted by Gasteiger charge is -2.24. The van der Waals surface area contributed by atoms with Crippen molar-refractivity contribution in [3.63, 3.8) is 0 Å². The van der Waals surface area contributed by atoms with Crippen molar-refractivity contribution in [1.82, 2.24) is 4.98 Å². The number of nitrogens with zero attached hydrogens (tertiary/aromatic N) is 2. The number of ketones is 1. The number of Topliss-reactive ketones (excluding diaryl/α,β-unsaturated/α-hetero) is 1. The highest BCUT2D eigenvalue weighted by molar-refractivity contribution is 7.17. The minimum absolute atomic E-state index is 0.114. The number of aliphatic hydroxyl groups is 1. The second-order valence-electron chi connectivity index (χ2n) is 8.60. The molecule has 10 nitrogen and oxygen atoms in total. The zero-order valence-electron chi connectivity index (χ0n) is 22.4. The summed E-state index contributed by atoms with van der Waals surface area (Å²) in [5, 5.41) is 11.6. The molecule has 1 aromatic heterocycles. The first kappa shape index (κ1) is 27.6. The van der Waals surface area contributed by atoms with Gasteiger partial charge in [0.2, 0.25) is 0 Å². The summed E-state index contributed by atoms with van der Waals surface area (Å²) in [6, 6.07) is 8.85. The van der Waals surface area contributed by atoms with Gasteiger partial charge in [-0.15, -0.1) is 0 Å². The van der Waals surface area contributed by atoms with Crippen molar-refractivity contribution in [2.45, 2.75) is 26.8 Å². The molecule has 0 bridgehead atoms. The molecule has 3 aromatic rings. The van der Waals surface area contributed by atoms with Gasteiger partial charge in [-0.3, -0.25) is 14.5 Å². The van der Waals surface area contributed by atoms with Crippen LogP contribution in [0.3, 0.4) is 0 Å². The summed E-state index contributed by atoms with van der Waals surface area (Å²) in [6.07, 6.45) is 0. The summed E-state index contributed by atoms with van der Waals surface area (Å²) in [6.45, 7) is 5.23.